The van der Waals surface area contributed by atoms with Crippen LogP contribution in [0, 0.1) is 0 Å². The van der Waals surface area contributed by atoms with Gasteiger partial charge in [-0.3, -0.25) is 4.79 Å². The van der Waals surface area contributed by atoms with Crippen LogP contribution in [0.2, 0.25) is 0 Å². The molecular weight excluding hydrogens is 232 g/mol. The van der Waals surface area contributed by atoms with Gasteiger partial charge in [-0.15, -0.1) is 5.10 Å². The predicted molar refractivity (Wildman–Crippen MR) is 53.8 cm³/mol. The molecule has 4 atom stereocenters. The van der Waals surface area contributed by atoms with Crippen LogP contribution in [0.15, 0.2) is 4.79 Å². The molecule has 0 saturated carbocycles. The number of nitrogens with one attached hydrogen (secondary N) is 1. The first-order valence-electron chi connectivity index (χ1n) is 4.89. The summed E-state index contributed by atoms with van der Waals surface area (Å²) in [6.45, 7) is -0.481. The Kier molecular flexibility index (Phi) is 3.07. The third kappa shape index (κ3) is 1.89. The van der Waals surface area contributed by atoms with E-state index in [4.69, 9.17) is 15.6 Å². The lowest BCUT2D eigenvalue weighted by Crippen LogP contribution is -2.33. The molecule has 0 amide bonds. The molecule has 1 aromatic rings. The largest absolute Gasteiger partial charge is 0.394 e. The second-order valence-corrected chi connectivity index (χ2v) is 3.70. The number of anilines is 1. The molecule has 2 heterocycles. The fourth-order valence-corrected chi connectivity index (χ4v) is 1.77. The number of nitrogen functional groups attached to an aromatic ring is 1. The van der Waals surface area contributed by atoms with Crippen LogP contribution in [0.4, 0.5) is 5.82 Å². The Labute approximate surface area is 94.8 Å². The summed E-state index contributed by atoms with van der Waals surface area (Å²) in [5.41, 5.74) is 4.70. The zero-order chi connectivity index (χ0) is 12.6. The topological polar surface area (TPSA) is 155 Å². The van der Waals surface area contributed by atoms with E-state index in [1.54, 1.807) is 0 Å². The molecule has 0 radical (unpaired) electrons. The van der Waals surface area contributed by atoms with E-state index in [-0.39, 0.29) is 11.4 Å². The highest BCUT2D eigenvalue weighted by atomic mass is 16.6. The van der Waals surface area contributed by atoms with Gasteiger partial charge >= 0.3 is 0 Å². The maximum atomic E-state index is 11.5. The van der Waals surface area contributed by atoms with Crippen molar-refractivity contribution in [1.29, 1.82) is 0 Å². The molecule has 0 spiro atoms. The first-order valence-corrected chi connectivity index (χ1v) is 4.89. The fourth-order valence-electron chi connectivity index (χ4n) is 1.77. The zero-order valence-corrected chi connectivity index (χ0v) is 8.65. The molecular formula is C8H12N4O5. The minimum absolute atomic E-state index is 0.109. The highest BCUT2D eigenvalue weighted by Gasteiger charge is 2.45. The number of nitrogens with two attached hydrogens (primary N) is 1. The van der Waals surface area contributed by atoms with Gasteiger partial charge in [0.15, 0.2) is 5.82 Å². The number of hydrogen-bond acceptors (Lipinski definition) is 8. The van der Waals surface area contributed by atoms with Crippen molar-refractivity contribution in [2.45, 2.75) is 24.4 Å². The SMILES string of the molecule is Nc1nn[nH]c(=O)c1[C@H]1O[C@@H](CO)[C@@H](O)[C@H]1O. The first-order chi connectivity index (χ1) is 8.06. The van der Waals surface area contributed by atoms with Gasteiger partial charge < -0.3 is 25.8 Å². The van der Waals surface area contributed by atoms with Gasteiger partial charge in [-0.05, 0) is 0 Å². The van der Waals surface area contributed by atoms with Crippen LogP contribution in [0.3, 0.4) is 0 Å². The first kappa shape index (κ1) is 11.9. The van der Waals surface area contributed by atoms with Crippen molar-refractivity contribution < 1.29 is 20.1 Å². The Bertz CT molecular complexity index is 463. The number of ether oxygens (including phenoxy) is 1. The monoisotopic (exact) mass is 244 g/mol. The summed E-state index contributed by atoms with van der Waals surface area (Å²) in [6.07, 6.45) is -4.76. The zero-order valence-electron chi connectivity index (χ0n) is 8.65. The van der Waals surface area contributed by atoms with E-state index in [9.17, 15) is 15.0 Å². The summed E-state index contributed by atoms with van der Waals surface area (Å²) in [4.78, 5) is 11.5. The summed E-state index contributed by atoms with van der Waals surface area (Å²) in [6, 6.07) is 0. The molecule has 9 heteroatoms. The molecule has 9 nitrogen and oxygen atoms in total. The smallest absolute Gasteiger partial charge is 0.275 e. The van der Waals surface area contributed by atoms with Crippen LogP contribution in [0.25, 0.3) is 0 Å². The van der Waals surface area contributed by atoms with E-state index in [1.807, 2.05) is 0 Å². The average molecular weight is 244 g/mol. The highest BCUT2D eigenvalue weighted by molar-refractivity contribution is 5.38. The molecule has 1 fully saturated rings. The van der Waals surface area contributed by atoms with Gasteiger partial charge in [-0.1, -0.05) is 5.21 Å². The van der Waals surface area contributed by atoms with Gasteiger partial charge in [0.05, 0.1) is 12.2 Å². The van der Waals surface area contributed by atoms with E-state index >= 15 is 0 Å². The Morgan fingerprint density at radius 2 is 2.12 bits per heavy atom. The van der Waals surface area contributed by atoms with Crippen molar-refractivity contribution in [2.24, 2.45) is 0 Å². The Morgan fingerprint density at radius 3 is 2.65 bits per heavy atom. The van der Waals surface area contributed by atoms with Crippen molar-refractivity contribution in [3.63, 3.8) is 0 Å². The third-order valence-electron chi connectivity index (χ3n) is 2.66. The third-order valence-corrected chi connectivity index (χ3v) is 2.66. The van der Waals surface area contributed by atoms with Crippen molar-refractivity contribution in [3.05, 3.63) is 15.9 Å². The summed E-state index contributed by atoms with van der Waals surface area (Å²) < 4.78 is 5.17. The Balaban J connectivity index is 2.39. The van der Waals surface area contributed by atoms with Crippen LogP contribution < -0.4 is 11.3 Å². The molecule has 0 bridgehead atoms. The summed E-state index contributed by atoms with van der Waals surface area (Å²) in [5.74, 6) is -0.191. The molecule has 2 rings (SSSR count). The molecule has 1 saturated heterocycles. The highest BCUT2D eigenvalue weighted by Crippen LogP contribution is 2.33. The van der Waals surface area contributed by atoms with Crippen molar-refractivity contribution >= 4 is 5.82 Å². The van der Waals surface area contributed by atoms with E-state index in [2.05, 4.69) is 15.4 Å². The van der Waals surface area contributed by atoms with E-state index in [0.717, 1.165) is 0 Å². The van der Waals surface area contributed by atoms with Gasteiger partial charge in [0.1, 0.15) is 24.4 Å². The normalized spacial score (nSPS) is 32.9. The van der Waals surface area contributed by atoms with Crippen LogP contribution >= 0.6 is 0 Å². The molecule has 17 heavy (non-hydrogen) atoms. The van der Waals surface area contributed by atoms with Crippen molar-refractivity contribution in [2.75, 3.05) is 12.3 Å². The molecule has 6 N–H and O–H groups in total. The quantitative estimate of drug-likeness (QED) is 0.366. The van der Waals surface area contributed by atoms with Gasteiger partial charge in [0, 0.05) is 0 Å². The molecule has 0 aliphatic carbocycles. The Hall–Kier alpha value is -1.55. The molecule has 1 aromatic heterocycles. The minimum Gasteiger partial charge on any atom is -0.394 e. The summed E-state index contributed by atoms with van der Waals surface area (Å²) >= 11 is 0. The average Bonchev–Trinajstić information content (AvgIpc) is 2.57. The number of rotatable bonds is 2. The number of aliphatic hydroxyl groups excluding tert-OH is 3. The second-order valence-electron chi connectivity index (χ2n) is 3.70. The number of aromatic amines is 1. The molecule has 1 aliphatic rings. The maximum absolute atomic E-state index is 11.5. The van der Waals surface area contributed by atoms with Crippen molar-refractivity contribution in [3.8, 4) is 0 Å². The van der Waals surface area contributed by atoms with Crippen LogP contribution in [-0.4, -0.2) is 55.6 Å². The van der Waals surface area contributed by atoms with E-state index in [1.165, 1.54) is 0 Å². The number of H-pyrrole nitrogens is 1. The lowest BCUT2D eigenvalue weighted by molar-refractivity contribution is -0.0230. The van der Waals surface area contributed by atoms with Gasteiger partial charge in [0.25, 0.3) is 5.56 Å². The summed E-state index contributed by atoms with van der Waals surface area (Å²) in [5, 5.41) is 36.9. The lowest BCUT2D eigenvalue weighted by Gasteiger charge is -2.14. The fraction of sp³-hybridized carbons (Fsp3) is 0.625. The van der Waals surface area contributed by atoms with Crippen molar-refractivity contribution in [1.82, 2.24) is 15.4 Å². The van der Waals surface area contributed by atoms with Gasteiger partial charge in [0.2, 0.25) is 0 Å². The molecule has 0 unspecified atom stereocenters. The number of aliphatic hydroxyl groups is 3. The predicted octanol–water partition coefficient (Wildman–Crippen LogP) is -3.10. The number of nitrogens with zero attached hydrogens (tertiary/aromatic N) is 2. The molecule has 94 valence electrons. The van der Waals surface area contributed by atoms with E-state index < -0.39 is 36.6 Å². The van der Waals surface area contributed by atoms with Crippen LogP contribution in [0.5, 0.6) is 0 Å². The maximum Gasteiger partial charge on any atom is 0.275 e. The molecule has 1 aliphatic heterocycles. The van der Waals surface area contributed by atoms with Crippen LogP contribution in [-0.2, 0) is 4.74 Å². The number of aromatic nitrogens is 3. The lowest BCUT2D eigenvalue weighted by atomic mass is 10.0. The van der Waals surface area contributed by atoms with Gasteiger partial charge in [-0.2, -0.15) is 0 Å². The second kappa shape index (κ2) is 4.37. The number of hydrogen-bond donors (Lipinski definition) is 5. The summed E-state index contributed by atoms with van der Waals surface area (Å²) in [7, 11) is 0. The van der Waals surface area contributed by atoms with Crippen LogP contribution in [0.1, 0.15) is 11.7 Å². The van der Waals surface area contributed by atoms with E-state index in [0.29, 0.717) is 0 Å². The molecule has 0 aromatic carbocycles. The minimum atomic E-state index is -1.36. The van der Waals surface area contributed by atoms with Gasteiger partial charge in [-0.25, -0.2) is 5.10 Å². The standard InChI is InChI=1S/C8H12N4O5/c9-7-3(8(16)11-12-10-7)6-5(15)4(14)2(1-13)17-6/h2,4-6,13-15H,1H2,(H3,9,10,11,16)/t2-,4+,5+,6+/m0/s1. The Morgan fingerprint density at radius 1 is 1.41 bits per heavy atom.